The molecule has 1 aromatic carbocycles. The molecule has 1 aromatic heterocycles. The first-order valence-electron chi connectivity index (χ1n) is 6.47. The molecule has 2 N–H and O–H groups in total. The van der Waals surface area contributed by atoms with Crippen LogP contribution in [0, 0.1) is 20.8 Å². The summed E-state index contributed by atoms with van der Waals surface area (Å²) in [6.07, 6.45) is 0. The molecule has 0 saturated carbocycles. The number of aryl methyl sites for hydroxylation is 3. The molecule has 0 aliphatic heterocycles. The number of methoxy groups -OCH3 is 1. The zero-order valence-electron chi connectivity index (χ0n) is 12.0. The minimum Gasteiger partial charge on any atom is -0.496 e. The van der Waals surface area contributed by atoms with Gasteiger partial charge in [0.15, 0.2) is 0 Å². The molecule has 2 rings (SSSR count). The molecule has 0 fully saturated rings. The Balaban J connectivity index is 2.55. The number of ether oxygens (including phenoxy) is 1. The van der Waals surface area contributed by atoms with Gasteiger partial charge in [0, 0.05) is 12.1 Å². The molecule has 0 amide bonds. The number of nitrogens with two attached hydrogens (primary N) is 1. The summed E-state index contributed by atoms with van der Waals surface area (Å²) in [5.74, 6) is 0.919. The molecule has 19 heavy (non-hydrogen) atoms. The number of nitrogens with zero attached hydrogens (tertiary/aromatic N) is 2. The van der Waals surface area contributed by atoms with Crippen molar-refractivity contribution >= 4 is 0 Å². The second kappa shape index (κ2) is 5.45. The van der Waals surface area contributed by atoms with E-state index in [0.717, 1.165) is 29.2 Å². The van der Waals surface area contributed by atoms with Crippen LogP contribution in [0.1, 0.15) is 16.8 Å². The van der Waals surface area contributed by atoms with Crippen LogP contribution in [0.4, 0.5) is 0 Å². The van der Waals surface area contributed by atoms with E-state index in [0.29, 0.717) is 6.54 Å². The van der Waals surface area contributed by atoms with Gasteiger partial charge in [0.1, 0.15) is 5.75 Å². The second-order valence-electron chi connectivity index (χ2n) is 4.82. The summed E-state index contributed by atoms with van der Waals surface area (Å²) < 4.78 is 7.33. The van der Waals surface area contributed by atoms with Crippen molar-refractivity contribution in [1.82, 2.24) is 9.78 Å². The van der Waals surface area contributed by atoms with Crippen molar-refractivity contribution in [2.75, 3.05) is 13.7 Å². The first-order valence-corrected chi connectivity index (χ1v) is 6.47. The Labute approximate surface area is 114 Å². The molecule has 4 heteroatoms. The summed E-state index contributed by atoms with van der Waals surface area (Å²) >= 11 is 0. The first-order chi connectivity index (χ1) is 9.06. The van der Waals surface area contributed by atoms with Crippen LogP contribution in [0.3, 0.4) is 0 Å². The van der Waals surface area contributed by atoms with Crippen LogP contribution in [-0.2, 0) is 6.54 Å². The van der Waals surface area contributed by atoms with Crippen molar-refractivity contribution in [2.45, 2.75) is 27.3 Å². The summed E-state index contributed by atoms with van der Waals surface area (Å²) in [6, 6.07) is 6.32. The molecule has 0 saturated heterocycles. The van der Waals surface area contributed by atoms with Gasteiger partial charge >= 0.3 is 0 Å². The average Bonchev–Trinajstić information content (AvgIpc) is 2.73. The third-order valence-electron chi connectivity index (χ3n) is 3.26. The van der Waals surface area contributed by atoms with Crippen LogP contribution >= 0.6 is 0 Å². The van der Waals surface area contributed by atoms with E-state index in [1.54, 1.807) is 7.11 Å². The van der Waals surface area contributed by atoms with Gasteiger partial charge in [-0.05, 0) is 50.1 Å². The maximum atomic E-state index is 5.65. The second-order valence-corrected chi connectivity index (χ2v) is 4.82. The molecule has 2 aromatic rings. The minimum atomic E-state index is 0.586. The van der Waals surface area contributed by atoms with Crippen LogP contribution in [0.15, 0.2) is 18.2 Å². The van der Waals surface area contributed by atoms with E-state index in [9.17, 15) is 0 Å². The van der Waals surface area contributed by atoms with Crippen LogP contribution in [0.5, 0.6) is 5.75 Å². The number of hydrogen-bond acceptors (Lipinski definition) is 3. The van der Waals surface area contributed by atoms with Gasteiger partial charge in [-0.15, -0.1) is 0 Å². The van der Waals surface area contributed by atoms with Crippen molar-refractivity contribution in [1.29, 1.82) is 0 Å². The highest BCUT2D eigenvalue weighted by molar-refractivity contribution is 5.67. The molecule has 102 valence electrons. The molecule has 0 radical (unpaired) electrons. The monoisotopic (exact) mass is 259 g/mol. The van der Waals surface area contributed by atoms with Gasteiger partial charge < -0.3 is 10.5 Å². The molecule has 0 spiro atoms. The van der Waals surface area contributed by atoms with Gasteiger partial charge in [-0.1, -0.05) is 0 Å². The molecule has 4 nitrogen and oxygen atoms in total. The quantitative estimate of drug-likeness (QED) is 0.917. The number of aromatic nitrogens is 2. The lowest BCUT2D eigenvalue weighted by molar-refractivity contribution is 0.411. The summed E-state index contributed by atoms with van der Waals surface area (Å²) in [6.45, 7) is 7.46. The lowest BCUT2D eigenvalue weighted by atomic mass is 10.0. The van der Waals surface area contributed by atoms with Crippen molar-refractivity contribution in [3.63, 3.8) is 0 Å². The standard InChI is InChI=1S/C15H21N3O/c1-10-8-15(19-4)11(2)7-13(10)14-9-12(3)17-18(14)6-5-16/h7-9H,5-6,16H2,1-4H3. The molecule has 1 heterocycles. The van der Waals surface area contributed by atoms with E-state index in [2.05, 4.69) is 37.1 Å². The van der Waals surface area contributed by atoms with Crippen LogP contribution in [0.2, 0.25) is 0 Å². The van der Waals surface area contributed by atoms with Crippen molar-refractivity contribution < 1.29 is 4.74 Å². The fourth-order valence-electron chi connectivity index (χ4n) is 2.34. The fourth-order valence-corrected chi connectivity index (χ4v) is 2.34. The average molecular weight is 259 g/mol. The Morgan fingerprint density at radius 2 is 1.89 bits per heavy atom. The van der Waals surface area contributed by atoms with Crippen molar-refractivity contribution in [3.8, 4) is 17.0 Å². The lowest BCUT2D eigenvalue weighted by Crippen LogP contribution is -2.12. The predicted octanol–water partition coefficient (Wildman–Crippen LogP) is 2.44. The topological polar surface area (TPSA) is 53.1 Å². The van der Waals surface area contributed by atoms with Gasteiger partial charge in [-0.2, -0.15) is 5.10 Å². The summed E-state index contributed by atoms with van der Waals surface area (Å²) in [5, 5.41) is 4.50. The first kappa shape index (κ1) is 13.6. The van der Waals surface area contributed by atoms with Gasteiger partial charge in [0.05, 0.1) is 25.0 Å². The fraction of sp³-hybridized carbons (Fsp3) is 0.400. The minimum absolute atomic E-state index is 0.586. The smallest absolute Gasteiger partial charge is 0.122 e. The largest absolute Gasteiger partial charge is 0.496 e. The van der Waals surface area contributed by atoms with Gasteiger partial charge in [-0.3, -0.25) is 4.68 Å². The Morgan fingerprint density at radius 3 is 2.53 bits per heavy atom. The lowest BCUT2D eigenvalue weighted by Gasteiger charge is -2.12. The molecular weight excluding hydrogens is 238 g/mol. The zero-order valence-corrected chi connectivity index (χ0v) is 12.0. The molecule has 0 atom stereocenters. The number of benzene rings is 1. The number of rotatable bonds is 4. The van der Waals surface area contributed by atoms with Crippen LogP contribution in [0.25, 0.3) is 11.3 Å². The van der Waals surface area contributed by atoms with E-state index in [4.69, 9.17) is 10.5 Å². The van der Waals surface area contributed by atoms with Gasteiger partial charge in [0.25, 0.3) is 0 Å². The van der Waals surface area contributed by atoms with E-state index < -0.39 is 0 Å². The molecule has 0 aliphatic rings. The zero-order chi connectivity index (χ0) is 14.0. The van der Waals surface area contributed by atoms with E-state index in [1.807, 2.05) is 11.6 Å². The van der Waals surface area contributed by atoms with Gasteiger partial charge in [-0.25, -0.2) is 0 Å². The highest BCUT2D eigenvalue weighted by atomic mass is 16.5. The highest BCUT2D eigenvalue weighted by Gasteiger charge is 2.12. The maximum Gasteiger partial charge on any atom is 0.122 e. The summed E-state index contributed by atoms with van der Waals surface area (Å²) in [7, 11) is 1.70. The van der Waals surface area contributed by atoms with Crippen molar-refractivity contribution in [2.24, 2.45) is 5.73 Å². The maximum absolute atomic E-state index is 5.65. The van der Waals surface area contributed by atoms with Crippen LogP contribution < -0.4 is 10.5 Å². The van der Waals surface area contributed by atoms with Crippen LogP contribution in [-0.4, -0.2) is 23.4 Å². The van der Waals surface area contributed by atoms with Gasteiger partial charge in [0.2, 0.25) is 0 Å². The Hall–Kier alpha value is -1.81. The Kier molecular flexibility index (Phi) is 3.90. The Morgan fingerprint density at radius 1 is 1.16 bits per heavy atom. The Bertz CT molecular complexity index is 587. The predicted molar refractivity (Wildman–Crippen MR) is 77.5 cm³/mol. The molecule has 0 bridgehead atoms. The summed E-state index contributed by atoms with van der Waals surface area (Å²) in [5.41, 5.74) is 11.3. The SMILES string of the molecule is COc1cc(C)c(-c2cc(C)nn2CCN)cc1C. The normalized spacial score (nSPS) is 10.8. The van der Waals surface area contributed by atoms with E-state index >= 15 is 0 Å². The molecule has 0 aliphatic carbocycles. The van der Waals surface area contributed by atoms with Crippen molar-refractivity contribution in [3.05, 3.63) is 35.0 Å². The third-order valence-corrected chi connectivity index (χ3v) is 3.26. The summed E-state index contributed by atoms with van der Waals surface area (Å²) in [4.78, 5) is 0. The van der Waals surface area contributed by atoms with E-state index in [1.165, 1.54) is 11.1 Å². The van der Waals surface area contributed by atoms with E-state index in [-0.39, 0.29) is 0 Å². The number of hydrogen-bond donors (Lipinski definition) is 1. The molecular formula is C15H21N3O. The third kappa shape index (κ3) is 2.63. The highest BCUT2D eigenvalue weighted by Crippen LogP contribution is 2.30. The molecule has 0 unspecified atom stereocenters.